The molecule has 0 radical (unpaired) electrons. The maximum absolute atomic E-state index is 8.68. The molecule has 1 aromatic heterocycles. The van der Waals surface area contributed by atoms with E-state index in [2.05, 4.69) is 20.3 Å². The summed E-state index contributed by atoms with van der Waals surface area (Å²) in [6.45, 7) is 0.804. The van der Waals surface area contributed by atoms with E-state index in [0.29, 0.717) is 24.7 Å². The van der Waals surface area contributed by atoms with Gasteiger partial charge in [0.15, 0.2) is 5.82 Å². The first kappa shape index (κ1) is 11.5. The molecule has 0 atom stereocenters. The molecular formula is C12H14N4O. The number of nitrogens with zero attached hydrogens (tertiary/aromatic N) is 3. The third kappa shape index (κ3) is 3.22. The van der Waals surface area contributed by atoms with Gasteiger partial charge in [-0.1, -0.05) is 30.3 Å². The second kappa shape index (κ2) is 5.91. The van der Waals surface area contributed by atoms with Crippen LogP contribution in [0.5, 0.6) is 0 Å². The summed E-state index contributed by atoms with van der Waals surface area (Å²) in [4.78, 5) is 12.4. The molecule has 1 heterocycles. The van der Waals surface area contributed by atoms with E-state index in [0.717, 1.165) is 5.56 Å². The molecule has 17 heavy (non-hydrogen) atoms. The monoisotopic (exact) mass is 230 g/mol. The van der Waals surface area contributed by atoms with Crippen LogP contribution in [0.1, 0.15) is 6.42 Å². The minimum absolute atomic E-state index is 0.156. The number of aliphatic hydroxyl groups excluding tert-OH is 1. The molecule has 0 spiro atoms. The number of aliphatic hydroxyl groups is 1. The number of nitrogens with one attached hydrogen (secondary N) is 1. The van der Waals surface area contributed by atoms with Crippen molar-refractivity contribution in [2.24, 2.45) is 0 Å². The first-order valence-corrected chi connectivity index (χ1v) is 5.49. The van der Waals surface area contributed by atoms with Crippen LogP contribution in [0.4, 0.5) is 5.95 Å². The Labute approximate surface area is 99.6 Å². The van der Waals surface area contributed by atoms with E-state index in [1.165, 1.54) is 6.33 Å². The lowest BCUT2D eigenvalue weighted by Gasteiger charge is -2.04. The summed E-state index contributed by atoms with van der Waals surface area (Å²) in [7, 11) is 0. The first-order chi connectivity index (χ1) is 8.40. The minimum atomic E-state index is 0.156. The van der Waals surface area contributed by atoms with E-state index >= 15 is 0 Å². The molecular weight excluding hydrogens is 216 g/mol. The number of hydrogen-bond donors (Lipinski definition) is 2. The molecule has 1 aromatic carbocycles. The van der Waals surface area contributed by atoms with Crippen LogP contribution in [0.2, 0.25) is 0 Å². The molecule has 0 aliphatic carbocycles. The third-order valence-corrected chi connectivity index (χ3v) is 2.22. The van der Waals surface area contributed by atoms with Gasteiger partial charge in [0.2, 0.25) is 5.95 Å². The minimum Gasteiger partial charge on any atom is -0.396 e. The van der Waals surface area contributed by atoms with Gasteiger partial charge in [0.25, 0.3) is 0 Å². The lowest BCUT2D eigenvalue weighted by atomic mass is 10.2. The van der Waals surface area contributed by atoms with Crippen molar-refractivity contribution in [1.82, 2.24) is 15.0 Å². The van der Waals surface area contributed by atoms with Crippen molar-refractivity contribution < 1.29 is 5.11 Å². The second-order valence-electron chi connectivity index (χ2n) is 3.50. The van der Waals surface area contributed by atoms with Crippen LogP contribution >= 0.6 is 0 Å². The van der Waals surface area contributed by atoms with E-state index < -0.39 is 0 Å². The van der Waals surface area contributed by atoms with E-state index in [9.17, 15) is 0 Å². The van der Waals surface area contributed by atoms with Gasteiger partial charge in [-0.05, 0) is 6.42 Å². The van der Waals surface area contributed by atoms with Gasteiger partial charge < -0.3 is 10.4 Å². The molecule has 2 aromatic rings. The summed E-state index contributed by atoms with van der Waals surface area (Å²) >= 11 is 0. The Bertz CT molecular complexity index is 461. The standard InChI is InChI=1S/C12H14N4O/c17-8-4-7-13-12-15-9-14-11(16-12)10-5-2-1-3-6-10/h1-3,5-6,9,17H,4,7-8H2,(H,13,14,15,16). The van der Waals surface area contributed by atoms with Crippen LogP contribution in [0.15, 0.2) is 36.7 Å². The molecule has 2 rings (SSSR count). The maximum Gasteiger partial charge on any atom is 0.226 e. The summed E-state index contributed by atoms with van der Waals surface area (Å²) in [6.07, 6.45) is 2.16. The average molecular weight is 230 g/mol. The van der Waals surface area contributed by atoms with Crippen LogP contribution in [0, 0.1) is 0 Å². The van der Waals surface area contributed by atoms with Gasteiger partial charge in [-0.2, -0.15) is 4.98 Å². The molecule has 88 valence electrons. The largest absolute Gasteiger partial charge is 0.396 e. The highest BCUT2D eigenvalue weighted by molar-refractivity contribution is 5.55. The molecule has 0 bridgehead atoms. The molecule has 0 unspecified atom stereocenters. The summed E-state index contributed by atoms with van der Waals surface area (Å²) in [5, 5.41) is 11.7. The van der Waals surface area contributed by atoms with Crippen molar-refractivity contribution in [3.05, 3.63) is 36.7 Å². The zero-order valence-electron chi connectivity index (χ0n) is 9.37. The predicted octanol–water partition coefficient (Wildman–Crippen LogP) is 1.33. The Hall–Kier alpha value is -2.01. The average Bonchev–Trinajstić information content (AvgIpc) is 2.41. The Morgan fingerprint density at radius 1 is 1.12 bits per heavy atom. The molecule has 2 N–H and O–H groups in total. The molecule has 5 nitrogen and oxygen atoms in total. The number of hydrogen-bond acceptors (Lipinski definition) is 5. The van der Waals surface area contributed by atoms with Crippen molar-refractivity contribution in [3.63, 3.8) is 0 Å². The predicted molar refractivity (Wildman–Crippen MR) is 65.5 cm³/mol. The normalized spacial score (nSPS) is 10.2. The molecule has 0 amide bonds. The van der Waals surface area contributed by atoms with Crippen molar-refractivity contribution in [2.75, 3.05) is 18.5 Å². The van der Waals surface area contributed by atoms with Gasteiger partial charge in [0, 0.05) is 18.7 Å². The van der Waals surface area contributed by atoms with Crippen molar-refractivity contribution in [3.8, 4) is 11.4 Å². The van der Waals surface area contributed by atoms with Gasteiger partial charge >= 0.3 is 0 Å². The topological polar surface area (TPSA) is 70.9 Å². The number of aromatic nitrogens is 3. The smallest absolute Gasteiger partial charge is 0.226 e. The Balaban J connectivity index is 2.12. The Kier molecular flexibility index (Phi) is 3.99. The number of benzene rings is 1. The van der Waals surface area contributed by atoms with Crippen LogP contribution < -0.4 is 5.32 Å². The molecule has 0 aliphatic heterocycles. The summed E-state index contributed by atoms with van der Waals surface area (Å²) < 4.78 is 0. The van der Waals surface area contributed by atoms with Gasteiger partial charge in [0.1, 0.15) is 6.33 Å². The summed E-state index contributed by atoms with van der Waals surface area (Å²) in [5.74, 6) is 1.18. The second-order valence-corrected chi connectivity index (χ2v) is 3.50. The molecule has 0 saturated heterocycles. The van der Waals surface area contributed by atoms with Crippen molar-refractivity contribution in [2.45, 2.75) is 6.42 Å². The summed E-state index contributed by atoms with van der Waals surface area (Å²) in [5.41, 5.74) is 0.958. The fourth-order valence-corrected chi connectivity index (χ4v) is 1.39. The lowest BCUT2D eigenvalue weighted by Crippen LogP contribution is -2.07. The quantitative estimate of drug-likeness (QED) is 0.758. The molecule has 5 heteroatoms. The van der Waals surface area contributed by atoms with Gasteiger partial charge in [-0.15, -0.1) is 0 Å². The fraction of sp³-hybridized carbons (Fsp3) is 0.250. The molecule has 0 fully saturated rings. The van der Waals surface area contributed by atoms with E-state index in [1.54, 1.807) is 0 Å². The summed E-state index contributed by atoms with van der Waals surface area (Å²) in [6, 6.07) is 9.74. The maximum atomic E-state index is 8.68. The highest BCUT2D eigenvalue weighted by Crippen LogP contribution is 2.13. The SMILES string of the molecule is OCCCNc1ncnc(-c2ccccc2)n1. The zero-order chi connectivity index (χ0) is 11.9. The van der Waals surface area contributed by atoms with Crippen LogP contribution in [0.25, 0.3) is 11.4 Å². The van der Waals surface area contributed by atoms with E-state index in [-0.39, 0.29) is 6.61 Å². The zero-order valence-corrected chi connectivity index (χ0v) is 9.37. The molecule has 0 saturated carbocycles. The van der Waals surface area contributed by atoms with Crippen LogP contribution in [-0.2, 0) is 0 Å². The fourth-order valence-electron chi connectivity index (χ4n) is 1.39. The van der Waals surface area contributed by atoms with Crippen molar-refractivity contribution >= 4 is 5.95 Å². The van der Waals surface area contributed by atoms with Gasteiger partial charge in [0.05, 0.1) is 0 Å². The van der Waals surface area contributed by atoms with E-state index in [4.69, 9.17) is 5.11 Å². The number of rotatable bonds is 5. The van der Waals surface area contributed by atoms with Crippen LogP contribution in [0.3, 0.4) is 0 Å². The van der Waals surface area contributed by atoms with E-state index in [1.807, 2.05) is 30.3 Å². The first-order valence-electron chi connectivity index (χ1n) is 5.49. The van der Waals surface area contributed by atoms with Crippen LogP contribution in [-0.4, -0.2) is 33.2 Å². The van der Waals surface area contributed by atoms with Gasteiger partial charge in [-0.3, -0.25) is 0 Å². The third-order valence-electron chi connectivity index (χ3n) is 2.22. The highest BCUT2D eigenvalue weighted by Gasteiger charge is 2.02. The van der Waals surface area contributed by atoms with Crippen molar-refractivity contribution in [1.29, 1.82) is 0 Å². The molecule has 0 aliphatic rings. The Morgan fingerprint density at radius 2 is 1.94 bits per heavy atom. The van der Waals surface area contributed by atoms with Gasteiger partial charge in [-0.25, -0.2) is 9.97 Å². The lowest BCUT2D eigenvalue weighted by molar-refractivity contribution is 0.292. The highest BCUT2D eigenvalue weighted by atomic mass is 16.3. The number of anilines is 1. The Morgan fingerprint density at radius 3 is 2.71 bits per heavy atom.